The summed E-state index contributed by atoms with van der Waals surface area (Å²) in [5.74, 6) is -1.10. The molecule has 0 aliphatic heterocycles. The van der Waals surface area contributed by atoms with E-state index in [-0.39, 0.29) is 23.5 Å². The van der Waals surface area contributed by atoms with E-state index in [1.165, 1.54) is 38.2 Å². The van der Waals surface area contributed by atoms with Gasteiger partial charge in [-0.1, -0.05) is 0 Å². The lowest BCUT2D eigenvalue weighted by atomic mass is 10.3. The fourth-order valence-corrected chi connectivity index (χ4v) is 3.20. The number of aliphatic carboxylic acids is 1. The molecule has 1 amide bonds. The number of sulfonamides is 1. The van der Waals surface area contributed by atoms with Crippen LogP contribution in [0.4, 0.5) is 0 Å². The summed E-state index contributed by atoms with van der Waals surface area (Å²) in [5, 5.41) is 11.7. The third-order valence-corrected chi connectivity index (χ3v) is 5.66. The average Bonchev–Trinajstić information content (AvgIpc) is 3.35. The molecule has 1 aromatic carbocycles. The first-order chi connectivity index (χ1) is 11.2. The number of amides is 1. The zero-order valence-corrected chi connectivity index (χ0v) is 14.2. The van der Waals surface area contributed by atoms with Crippen LogP contribution in [0.3, 0.4) is 0 Å². The Hall–Kier alpha value is -2.13. The van der Waals surface area contributed by atoms with Gasteiger partial charge in [0.05, 0.1) is 4.90 Å². The average molecular weight is 356 g/mol. The molecule has 0 radical (unpaired) electrons. The molecule has 0 heterocycles. The van der Waals surface area contributed by atoms with Gasteiger partial charge in [0, 0.05) is 13.1 Å². The summed E-state index contributed by atoms with van der Waals surface area (Å²) >= 11 is 0. The van der Waals surface area contributed by atoms with E-state index in [1.807, 2.05) is 0 Å². The maximum atomic E-state index is 12.3. The van der Waals surface area contributed by atoms with Gasteiger partial charge in [-0.3, -0.25) is 9.59 Å². The predicted octanol–water partition coefficient (Wildman–Crippen LogP) is 0.438. The van der Waals surface area contributed by atoms with Gasteiger partial charge in [0.25, 0.3) is 5.91 Å². The monoisotopic (exact) mass is 356 g/mol. The highest BCUT2D eigenvalue weighted by Gasteiger charge is 2.29. The van der Waals surface area contributed by atoms with Gasteiger partial charge >= 0.3 is 5.97 Å². The Morgan fingerprint density at radius 1 is 1.33 bits per heavy atom. The number of rotatable bonds is 8. The summed E-state index contributed by atoms with van der Waals surface area (Å²) in [7, 11) is -2.71. The fourth-order valence-electron chi connectivity index (χ4n) is 1.88. The van der Waals surface area contributed by atoms with E-state index in [0.717, 1.165) is 17.1 Å². The van der Waals surface area contributed by atoms with Gasteiger partial charge in [-0.2, -0.15) is 4.31 Å². The molecule has 1 fully saturated rings. The van der Waals surface area contributed by atoms with E-state index in [9.17, 15) is 18.0 Å². The molecule has 1 aliphatic carbocycles. The maximum Gasteiger partial charge on any atom is 0.321 e. The van der Waals surface area contributed by atoms with Crippen molar-refractivity contribution in [3.05, 3.63) is 24.3 Å². The molecule has 1 unspecified atom stereocenters. The SMILES string of the molecule is CC(C(=O)O)N(C)S(=O)(=O)c1ccc(OCC(=O)NC2CC2)cc1. The second-order valence-electron chi connectivity index (χ2n) is 5.64. The van der Waals surface area contributed by atoms with Crippen molar-refractivity contribution in [3.63, 3.8) is 0 Å². The Labute approximate surface area is 140 Å². The molecule has 132 valence electrons. The smallest absolute Gasteiger partial charge is 0.321 e. The number of carbonyl (C=O) groups is 2. The van der Waals surface area contributed by atoms with Crippen LogP contribution in [0.1, 0.15) is 19.8 Å². The standard InChI is InChI=1S/C15H20N2O6S/c1-10(15(19)20)17(2)24(21,22)13-7-5-12(6-8-13)23-9-14(18)16-11-3-4-11/h5-8,10-11H,3-4,9H2,1-2H3,(H,16,18)(H,19,20). The number of nitrogens with zero attached hydrogens (tertiary/aromatic N) is 1. The van der Waals surface area contributed by atoms with Crippen molar-refractivity contribution >= 4 is 21.9 Å². The van der Waals surface area contributed by atoms with Crippen molar-refractivity contribution in [2.24, 2.45) is 0 Å². The molecular formula is C15H20N2O6S. The number of carbonyl (C=O) groups excluding carboxylic acids is 1. The van der Waals surface area contributed by atoms with Crippen LogP contribution in [0.2, 0.25) is 0 Å². The first-order valence-corrected chi connectivity index (χ1v) is 8.89. The van der Waals surface area contributed by atoms with Crippen LogP contribution >= 0.6 is 0 Å². The fraction of sp³-hybridized carbons (Fsp3) is 0.467. The molecule has 1 aromatic rings. The first-order valence-electron chi connectivity index (χ1n) is 7.45. The normalized spacial score (nSPS) is 15.8. The van der Waals surface area contributed by atoms with Gasteiger partial charge in [-0.25, -0.2) is 8.42 Å². The molecule has 0 aromatic heterocycles. The number of benzene rings is 1. The van der Waals surface area contributed by atoms with Crippen LogP contribution in [0.25, 0.3) is 0 Å². The minimum Gasteiger partial charge on any atom is -0.484 e. The minimum absolute atomic E-state index is 0.0483. The summed E-state index contributed by atoms with van der Waals surface area (Å²) in [6.07, 6.45) is 1.97. The van der Waals surface area contributed by atoms with Gasteiger partial charge in [0.1, 0.15) is 11.8 Å². The largest absolute Gasteiger partial charge is 0.484 e. The van der Waals surface area contributed by atoms with Gasteiger partial charge in [0.15, 0.2) is 6.61 Å². The molecule has 2 rings (SSSR count). The second kappa shape index (κ2) is 7.18. The van der Waals surface area contributed by atoms with Crippen molar-refractivity contribution < 1.29 is 27.9 Å². The van der Waals surface area contributed by atoms with Crippen LogP contribution in [-0.2, 0) is 19.6 Å². The number of hydrogen-bond donors (Lipinski definition) is 2. The molecule has 0 saturated heterocycles. The number of hydrogen-bond acceptors (Lipinski definition) is 5. The van der Waals surface area contributed by atoms with Crippen LogP contribution in [0, 0.1) is 0 Å². The third kappa shape index (κ3) is 4.45. The quantitative estimate of drug-likeness (QED) is 0.699. The van der Waals surface area contributed by atoms with E-state index in [0.29, 0.717) is 5.75 Å². The Morgan fingerprint density at radius 3 is 2.42 bits per heavy atom. The lowest BCUT2D eigenvalue weighted by Crippen LogP contribution is -2.40. The number of likely N-dealkylation sites (N-methyl/N-ethyl adjacent to an activating group) is 1. The van der Waals surface area contributed by atoms with E-state index in [4.69, 9.17) is 9.84 Å². The Bertz CT molecular complexity index is 712. The molecule has 24 heavy (non-hydrogen) atoms. The minimum atomic E-state index is -3.92. The zero-order valence-electron chi connectivity index (χ0n) is 13.4. The highest BCUT2D eigenvalue weighted by Crippen LogP contribution is 2.21. The lowest BCUT2D eigenvalue weighted by molar-refractivity contribution is -0.140. The van der Waals surface area contributed by atoms with E-state index < -0.39 is 22.0 Å². The highest BCUT2D eigenvalue weighted by molar-refractivity contribution is 7.89. The molecule has 2 N–H and O–H groups in total. The Morgan fingerprint density at radius 2 is 1.92 bits per heavy atom. The summed E-state index contributed by atoms with van der Waals surface area (Å²) in [6, 6.07) is 4.55. The molecule has 9 heteroatoms. The number of nitrogens with one attached hydrogen (secondary N) is 1. The molecule has 1 atom stereocenters. The Balaban J connectivity index is 1.99. The molecular weight excluding hydrogens is 336 g/mol. The van der Waals surface area contributed by atoms with Crippen molar-refractivity contribution in [1.29, 1.82) is 0 Å². The molecule has 1 aliphatic rings. The maximum absolute atomic E-state index is 12.3. The second-order valence-corrected chi connectivity index (χ2v) is 7.63. The van der Waals surface area contributed by atoms with Gasteiger partial charge in [0.2, 0.25) is 10.0 Å². The van der Waals surface area contributed by atoms with Crippen molar-refractivity contribution in [1.82, 2.24) is 9.62 Å². The first kappa shape index (κ1) is 18.2. The third-order valence-electron chi connectivity index (χ3n) is 3.72. The van der Waals surface area contributed by atoms with Crippen molar-refractivity contribution in [3.8, 4) is 5.75 Å². The van der Waals surface area contributed by atoms with Crippen LogP contribution in [-0.4, -0.2) is 55.4 Å². The molecule has 0 spiro atoms. The number of carboxylic acids is 1. The summed E-state index contributed by atoms with van der Waals surface area (Å²) < 4.78 is 30.8. The topological polar surface area (TPSA) is 113 Å². The Kier molecular flexibility index (Phi) is 5.45. The van der Waals surface area contributed by atoms with Gasteiger partial charge in [-0.05, 0) is 44.0 Å². The van der Waals surface area contributed by atoms with Crippen LogP contribution in [0.15, 0.2) is 29.2 Å². The van der Waals surface area contributed by atoms with Crippen molar-refractivity contribution in [2.75, 3.05) is 13.7 Å². The zero-order chi connectivity index (χ0) is 17.9. The van der Waals surface area contributed by atoms with Gasteiger partial charge in [-0.15, -0.1) is 0 Å². The molecule has 8 nitrogen and oxygen atoms in total. The van der Waals surface area contributed by atoms with Crippen LogP contribution in [0.5, 0.6) is 5.75 Å². The highest BCUT2D eigenvalue weighted by atomic mass is 32.2. The summed E-state index contributed by atoms with van der Waals surface area (Å²) in [4.78, 5) is 22.4. The van der Waals surface area contributed by atoms with E-state index in [1.54, 1.807) is 0 Å². The van der Waals surface area contributed by atoms with E-state index >= 15 is 0 Å². The summed E-state index contributed by atoms with van der Waals surface area (Å²) in [6.45, 7) is 1.15. The van der Waals surface area contributed by atoms with Crippen molar-refractivity contribution in [2.45, 2.75) is 36.7 Å². The van der Waals surface area contributed by atoms with Crippen LogP contribution < -0.4 is 10.1 Å². The van der Waals surface area contributed by atoms with E-state index in [2.05, 4.69) is 5.32 Å². The summed E-state index contributed by atoms with van der Waals surface area (Å²) in [5.41, 5.74) is 0. The lowest BCUT2D eigenvalue weighted by Gasteiger charge is -2.21. The number of ether oxygens (including phenoxy) is 1. The molecule has 0 bridgehead atoms. The number of carboxylic acid groups (broad SMARTS) is 1. The van der Waals surface area contributed by atoms with Gasteiger partial charge < -0.3 is 15.2 Å². The molecule has 1 saturated carbocycles. The predicted molar refractivity (Wildman–Crippen MR) is 85.1 cm³/mol.